The van der Waals surface area contributed by atoms with Crippen molar-refractivity contribution in [3.8, 4) is 5.75 Å². The fraction of sp³-hybridized carbons (Fsp3) is 0.357. The van der Waals surface area contributed by atoms with Gasteiger partial charge in [-0.05, 0) is 26.2 Å². The van der Waals surface area contributed by atoms with Crippen LogP contribution in [0, 0.1) is 0 Å². The molecule has 1 N–H and O–H groups in total. The third-order valence-corrected chi connectivity index (χ3v) is 2.80. The molecule has 0 saturated heterocycles. The number of rotatable bonds is 5. The average molecular weight is 262 g/mol. The molecule has 0 aliphatic heterocycles. The van der Waals surface area contributed by atoms with E-state index in [4.69, 9.17) is 9.15 Å². The van der Waals surface area contributed by atoms with Gasteiger partial charge in [0.25, 0.3) is 5.91 Å². The molecular formula is C14H18N2O3. The van der Waals surface area contributed by atoms with Gasteiger partial charge in [-0.2, -0.15) is 0 Å². The number of nitrogens with one attached hydrogen (secondary N) is 1. The summed E-state index contributed by atoms with van der Waals surface area (Å²) in [4.78, 5) is 14.1. The molecule has 2 rings (SSSR count). The van der Waals surface area contributed by atoms with Gasteiger partial charge in [0.15, 0.2) is 5.75 Å². The summed E-state index contributed by atoms with van der Waals surface area (Å²) >= 11 is 0. The van der Waals surface area contributed by atoms with Crippen LogP contribution in [-0.4, -0.2) is 45.1 Å². The number of methoxy groups -OCH3 is 1. The number of hydrogen-bond donors (Lipinski definition) is 1. The number of hydrogen-bond acceptors (Lipinski definition) is 4. The summed E-state index contributed by atoms with van der Waals surface area (Å²) in [6.07, 6.45) is 0. The molecule has 0 radical (unpaired) electrons. The third kappa shape index (κ3) is 2.88. The van der Waals surface area contributed by atoms with Gasteiger partial charge >= 0.3 is 0 Å². The molecule has 1 aromatic heterocycles. The van der Waals surface area contributed by atoms with E-state index in [2.05, 4.69) is 5.32 Å². The molecule has 0 bridgehead atoms. The Morgan fingerprint density at radius 3 is 2.79 bits per heavy atom. The highest BCUT2D eigenvalue weighted by Crippen LogP contribution is 2.32. The Bertz CT molecular complexity index is 575. The summed E-state index contributed by atoms with van der Waals surface area (Å²) in [5.41, 5.74) is 0.650. The highest BCUT2D eigenvalue weighted by molar-refractivity contribution is 6.01. The van der Waals surface area contributed by atoms with Crippen molar-refractivity contribution in [1.82, 2.24) is 10.2 Å². The Morgan fingerprint density at radius 2 is 2.11 bits per heavy atom. The minimum atomic E-state index is -0.255. The number of carbonyl (C=O) groups is 1. The van der Waals surface area contributed by atoms with Gasteiger partial charge in [0.1, 0.15) is 5.58 Å². The summed E-state index contributed by atoms with van der Waals surface area (Å²) in [5.74, 6) is 0.454. The lowest BCUT2D eigenvalue weighted by Crippen LogP contribution is -2.31. The van der Waals surface area contributed by atoms with Crippen LogP contribution < -0.4 is 10.1 Å². The number of carbonyl (C=O) groups excluding carboxylic acids is 1. The maximum absolute atomic E-state index is 12.1. The van der Waals surface area contributed by atoms with Crippen molar-refractivity contribution in [2.24, 2.45) is 0 Å². The first kappa shape index (κ1) is 13.4. The van der Waals surface area contributed by atoms with E-state index in [-0.39, 0.29) is 11.7 Å². The van der Waals surface area contributed by atoms with Crippen molar-refractivity contribution in [3.05, 3.63) is 30.0 Å². The van der Waals surface area contributed by atoms with Gasteiger partial charge in [-0.25, -0.2) is 0 Å². The van der Waals surface area contributed by atoms with Crippen molar-refractivity contribution < 1.29 is 13.9 Å². The van der Waals surface area contributed by atoms with Crippen LogP contribution in [0.2, 0.25) is 0 Å². The van der Waals surface area contributed by atoms with E-state index >= 15 is 0 Å². The van der Waals surface area contributed by atoms with Gasteiger partial charge in [-0.1, -0.05) is 12.1 Å². The zero-order chi connectivity index (χ0) is 13.8. The predicted molar refractivity (Wildman–Crippen MR) is 73.7 cm³/mol. The summed E-state index contributed by atoms with van der Waals surface area (Å²) in [6.45, 7) is 1.33. The molecule has 1 aromatic carbocycles. The summed E-state index contributed by atoms with van der Waals surface area (Å²) in [7, 11) is 5.44. The zero-order valence-electron chi connectivity index (χ0n) is 11.4. The second-order valence-corrected chi connectivity index (χ2v) is 4.52. The van der Waals surface area contributed by atoms with Crippen LogP contribution in [0.3, 0.4) is 0 Å². The smallest absolute Gasteiger partial charge is 0.291 e. The lowest BCUT2D eigenvalue weighted by atomic mass is 10.2. The normalized spacial score (nSPS) is 10.9. The molecule has 5 heteroatoms. The molecule has 1 amide bonds. The van der Waals surface area contributed by atoms with Crippen molar-refractivity contribution in [1.29, 1.82) is 0 Å². The largest absolute Gasteiger partial charge is 0.492 e. The summed E-state index contributed by atoms with van der Waals surface area (Å²) in [6, 6.07) is 7.43. The van der Waals surface area contributed by atoms with Gasteiger partial charge < -0.3 is 19.4 Å². The topological polar surface area (TPSA) is 54.7 Å². The number of furan rings is 1. The molecule has 102 valence electrons. The number of fused-ring (bicyclic) bond motifs is 1. The average Bonchev–Trinajstić information content (AvgIpc) is 2.76. The van der Waals surface area contributed by atoms with Crippen LogP contribution >= 0.6 is 0 Å². The first-order valence-corrected chi connectivity index (χ1v) is 6.12. The van der Waals surface area contributed by atoms with E-state index in [0.717, 1.165) is 11.9 Å². The lowest BCUT2D eigenvalue weighted by Gasteiger charge is -2.09. The number of amides is 1. The highest BCUT2D eigenvalue weighted by Gasteiger charge is 2.20. The first-order chi connectivity index (χ1) is 9.13. The zero-order valence-corrected chi connectivity index (χ0v) is 11.4. The van der Waals surface area contributed by atoms with Crippen molar-refractivity contribution in [3.63, 3.8) is 0 Å². The maximum atomic E-state index is 12.1. The van der Waals surface area contributed by atoms with Crippen molar-refractivity contribution in [2.45, 2.75) is 0 Å². The quantitative estimate of drug-likeness (QED) is 0.891. The Kier molecular flexibility index (Phi) is 4.06. The molecule has 0 aliphatic carbocycles. The fourth-order valence-electron chi connectivity index (χ4n) is 1.85. The van der Waals surface area contributed by atoms with Crippen LogP contribution in [0.25, 0.3) is 11.0 Å². The predicted octanol–water partition coefficient (Wildman–Crippen LogP) is 1.73. The molecule has 0 spiro atoms. The summed E-state index contributed by atoms with van der Waals surface area (Å²) in [5, 5.41) is 3.62. The molecule has 5 nitrogen and oxygen atoms in total. The Hall–Kier alpha value is -2.01. The van der Waals surface area contributed by atoms with Crippen LogP contribution in [0.5, 0.6) is 5.75 Å². The third-order valence-electron chi connectivity index (χ3n) is 2.80. The Labute approximate surface area is 112 Å². The number of ether oxygens (including phenoxy) is 1. The molecule has 19 heavy (non-hydrogen) atoms. The molecule has 0 unspecified atom stereocenters. The van der Waals surface area contributed by atoms with E-state index < -0.39 is 0 Å². The van der Waals surface area contributed by atoms with Gasteiger partial charge in [0, 0.05) is 13.1 Å². The Balaban J connectivity index is 2.21. The Morgan fingerprint density at radius 1 is 1.37 bits per heavy atom. The van der Waals surface area contributed by atoms with Gasteiger partial charge in [-0.3, -0.25) is 4.79 Å². The number of nitrogens with zero attached hydrogens (tertiary/aromatic N) is 1. The summed E-state index contributed by atoms with van der Waals surface area (Å²) < 4.78 is 10.8. The van der Waals surface area contributed by atoms with E-state index in [0.29, 0.717) is 17.9 Å². The minimum Gasteiger partial charge on any atom is -0.492 e. The van der Waals surface area contributed by atoms with E-state index in [1.807, 2.05) is 43.3 Å². The van der Waals surface area contributed by atoms with Crippen LogP contribution in [0.15, 0.2) is 28.7 Å². The minimum absolute atomic E-state index is 0.224. The maximum Gasteiger partial charge on any atom is 0.291 e. The second kappa shape index (κ2) is 5.75. The fourth-order valence-corrected chi connectivity index (χ4v) is 1.85. The molecule has 1 heterocycles. The SMILES string of the molecule is COc1c(C(=O)NCCN(C)C)oc2ccccc12. The number of para-hydroxylation sites is 1. The standard InChI is InChI=1S/C14H18N2O3/c1-16(2)9-8-15-14(17)13-12(18-3)10-6-4-5-7-11(10)19-13/h4-7H,8-9H2,1-3H3,(H,15,17). The lowest BCUT2D eigenvalue weighted by molar-refractivity contribution is 0.0921. The monoisotopic (exact) mass is 262 g/mol. The van der Waals surface area contributed by atoms with Crippen LogP contribution in [-0.2, 0) is 0 Å². The molecular weight excluding hydrogens is 244 g/mol. The van der Waals surface area contributed by atoms with Gasteiger partial charge in [-0.15, -0.1) is 0 Å². The van der Waals surface area contributed by atoms with E-state index in [9.17, 15) is 4.79 Å². The van der Waals surface area contributed by atoms with Crippen LogP contribution in [0.4, 0.5) is 0 Å². The first-order valence-electron chi connectivity index (χ1n) is 6.12. The van der Waals surface area contributed by atoms with Gasteiger partial charge in [0.2, 0.25) is 5.76 Å². The van der Waals surface area contributed by atoms with Crippen molar-refractivity contribution in [2.75, 3.05) is 34.3 Å². The molecule has 0 aliphatic rings. The van der Waals surface area contributed by atoms with Crippen molar-refractivity contribution >= 4 is 16.9 Å². The highest BCUT2D eigenvalue weighted by atomic mass is 16.5. The number of benzene rings is 1. The molecule has 0 saturated carbocycles. The second-order valence-electron chi connectivity index (χ2n) is 4.52. The molecule has 0 fully saturated rings. The number of likely N-dealkylation sites (N-methyl/N-ethyl adjacent to an activating group) is 1. The molecule has 2 aromatic rings. The van der Waals surface area contributed by atoms with Gasteiger partial charge in [0.05, 0.1) is 12.5 Å². The van der Waals surface area contributed by atoms with E-state index in [1.54, 1.807) is 0 Å². The molecule has 0 atom stereocenters. The van der Waals surface area contributed by atoms with Crippen LogP contribution in [0.1, 0.15) is 10.6 Å². The van der Waals surface area contributed by atoms with E-state index in [1.165, 1.54) is 7.11 Å².